The van der Waals surface area contributed by atoms with Crippen LogP contribution in [0.2, 0.25) is 0 Å². The van der Waals surface area contributed by atoms with E-state index in [1.165, 1.54) is 12.3 Å². The molecule has 0 aliphatic rings. The molecule has 178 valence electrons. The van der Waals surface area contributed by atoms with Crippen LogP contribution in [0.25, 0.3) is 22.5 Å². The molecule has 8 nitrogen and oxygen atoms in total. The van der Waals surface area contributed by atoms with Crippen LogP contribution in [0.3, 0.4) is 0 Å². The van der Waals surface area contributed by atoms with Crippen molar-refractivity contribution in [2.75, 3.05) is 19.6 Å². The van der Waals surface area contributed by atoms with Crippen LogP contribution in [0.4, 0.5) is 5.95 Å². The molecular weight excluding hydrogens is 444 g/mol. The van der Waals surface area contributed by atoms with Gasteiger partial charge in [0.2, 0.25) is 5.95 Å². The smallest absolute Gasteiger partial charge is 0.244 e. The van der Waals surface area contributed by atoms with Crippen molar-refractivity contribution in [2.24, 2.45) is 5.10 Å². The highest BCUT2D eigenvalue weighted by atomic mass is 16.5. The Balaban J connectivity index is 1.73. The van der Waals surface area contributed by atoms with Crippen molar-refractivity contribution in [2.45, 2.75) is 13.8 Å². The number of hydrogen-bond acceptors (Lipinski definition) is 8. The van der Waals surface area contributed by atoms with Gasteiger partial charge in [-0.15, -0.1) is 0 Å². The highest BCUT2D eigenvalue weighted by Crippen LogP contribution is 2.33. The minimum Gasteiger partial charge on any atom is -0.508 e. The highest BCUT2D eigenvalue weighted by molar-refractivity contribution is 5.85. The maximum Gasteiger partial charge on any atom is 0.244 e. The van der Waals surface area contributed by atoms with Crippen molar-refractivity contribution in [1.29, 1.82) is 0 Å². The number of anilines is 1. The standard InChI is InChI=1S/C27H26N4O4/c1-16-5-7-18(8-6-16)21-14-22(19-10-12-24(34-3)25(13-19)35-4)30-27(29-21)31-28-15-20-9-11-23(32)17(2)26(20)33/h5-15,32-33H,1-4H3,(H,29,30,31). The lowest BCUT2D eigenvalue weighted by molar-refractivity contribution is 0.355. The quantitative estimate of drug-likeness (QED) is 0.248. The summed E-state index contributed by atoms with van der Waals surface area (Å²) in [6, 6.07) is 18.6. The average molecular weight is 471 g/mol. The monoisotopic (exact) mass is 470 g/mol. The van der Waals surface area contributed by atoms with Gasteiger partial charge in [-0.3, -0.25) is 0 Å². The minimum absolute atomic E-state index is 0.0151. The summed E-state index contributed by atoms with van der Waals surface area (Å²) >= 11 is 0. The van der Waals surface area contributed by atoms with Crippen LogP contribution in [-0.4, -0.2) is 40.6 Å². The van der Waals surface area contributed by atoms with E-state index in [0.717, 1.165) is 16.7 Å². The first-order valence-electron chi connectivity index (χ1n) is 10.9. The minimum atomic E-state index is -0.0455. The summed E-state index contributed by atoms with van der Waals surface area (Å²) in [5.41, 5.74) is 7.95. The second-order valence-corrected chi connectivity index (χ2v) is 7.92. The number of phenolic OH excluding ortho intramolecular Hbond substituents is 2. The van der Waals surface area contributed by atoms with Gasteiger partial charge in [0.15, 0.2) is 11.5 Å². The predicted molar refractivity (Wildman–Crippen MR) is 136 cm³/mol. The van der Waals surface area contributed by atoms with Gasteiger partial charge in [-0.25, -0.2) is 15.4 Å². The van der Waals surface area contributed by atoms with Crippen LogP contribution >= 0.6 is 0 Å². The molecule has 0 radical (unpaired) electrons. The SMILES string of the molecule is COc1ccc(-c2cc(-c3ccc(C)cc3)nc(NN=Cc3ccc(O)c(C)c3O)n2)cc1OC. The van der Waals surface area contributed by atoms with Crippen molar-refractivity contribution in [3.8, 4) is 45.5 Å². The molecule has 0 bridgehead atoms. The predicted octanol–water partition coefficient (Wildman–Crippen LogP) is 5.30. The fraction of sp³-hybridized carbons (Fsp3) is 0.148. The lowest BCUT2D eigenvalue weighted by Crippen LogP contribution is -2.01. The van der Waals surface area contributed by atoms with Crippen molar-refractivity contribution < 1.29 is 19.7 Å². The number of rotatable bonds is 7. The number of benzene rings is 3. The molecule has 35 heavy (non-hydrogen) atoms. The molecule has 0 saturated heterocycles. The van der Waals surface area contributed by atoms with Crippen molar-refractivity contribution in [3.05, 3.63) is 77.4 Å². The van der Waals surface area contributed by atoms with E-state index in [-0.39, 0.29) is 17.4 Å². The first-order valence-corrected chi connectivity index (χ1v) is 10.9. The number of hydrogen-bond donors (Lipinski definition) is 3. The van der Waals surface area contributed by atoms with Gasteiger partial charge in [0.1, 0.15) is 11.5 Å². The summed E-state index contributed by atoms with van der Waals surface area (Å²) in [5, 5.41) is 24.2. The Morgan fingerprint density at radius 2 is 1.46 bits per heavy atom. The van der Waals surface area contributed by atoms with Crippen molar-refractivity contribution >= 4 is 12.2 Å². The molecule has 0 saturated carbocycles. The van der Waals surface area contributed by atoms with E-state index in [1.807, 2.05) is 55.5 Å². The molecule has 0 aliphatic carbocycles. The Kier molecular flexibility index (Phi) is 6.82. The van der Waals surface area contributed by atoms with E-state index < -0.39 is 0 Å². The topological polar surface area (TPSA) is 109 Å². The molecule has 3 aromatic carbocycles. The zero-order chi connectivity index (χ0) is 24.9. The summed E-state index contributed by atoms with van der Waals surface area (Å²) < 4.78 is 10.8. The van der Waals surface area contributed by atoms with Gasteiger partial charge in [-0.2, -0.15) is 5.10 Å². The van der Waals surface area contributed by atoms with Crippen LogP contribution in [0.1, 0.15) is 16.7 Å². The summed E-state index contributed by atoms with van der Waals surface area (Å²) in [6.45, 7) is 3.65. The Morgan fingerprint density at radius 3 is 2.14 bits per heavy atom. The van der Waals surface area contributed by atoms with Crippen LogP contribution in [0, 0.1) is 13.8 Å². The van der Waals surface area contributed by atoms with Crippen molar-refractivity contribution in [1.82, 2.24) is 9.97 Å². The molecule has 0 amide bonds. The van der Waals surface area contributed by atoms with Crippen LogP contribution in [0.5, 0.6) is 23.0 Å². The number of phenols is 2. The molecule has 0 spiro atoms. The fourth-order valence-electron chi connectivity index (χ4n) is 3.49. The van der Waals surface area contributed by atoms with Crippen LogP contribution < -0.4 is 14.9 Å². The molecule has 0 atom stereocenters. The summed E-state index contributed by atoms with van der Waals surface area (Å²) in [6.07, 6.45) is 1.44. The second kappa shape index (κ2) is 10.1. The van der Waals surface area contributed by atoms with Crippen LogP contribution in [0.15, 0.2) is 65.8 Å². The Bertz CT molecular complexity index is 1390. The summed E-state index contributed by atoms with van der Waals surface area (Å²) in [4.78, 5) is 9.25. The summed E-state index contributed by atoms with van der Waals surface area (Å²) in [7, 11) is 3.17. The van der Waals surface area contributed by atoms with Gasteiger partial charge < -0.3 is 19.7 Å². The first-order chi connectivity index (χ1) is 16.9. The number of ether oxygens (including phenoxy) is 2. The zero-order valence-corrected chi connectivity index (χ0v) is 19.9. The van der Waals surface area contributed by atoms with E-state index in [0.29, 0.717) is 34.0 Å². The molecule has 3 N–H and O–H groups in total. The van der Waals surface area contributed by atoms with Gasteiger partial charge in [-0.1, -0.05) is 29.8 Å². The average Bonchev–Trinajstić information content (AvgIpc) is 2.88. The van der Waals surface area contributed by atoms with E-state index in [9.17, 15) is 10.2 Å². The maximum atomic E-state index is 10.2. The molecule has 1 heterocycles. The van der Waals surface area contributed by atoms with E-state index in [1.54, 1.807) is 27.2 Å². The number of nitrogens with one attached hydrogen (secondary N) is 1. The lowest BCUT2D eigenvalue weighted by atomic mass is 10.1. The third-order valence-corrected chi connectivity index (χ3v) is 5.55. The number of aryl methyl sites for hydroxylation is 1. The number of hydrazone groups is 1. The lowest BCUT2D eigenvalue weighted by Gasteiger charge is -2.11. The number of nitrogens with zero attached hydrogens (tertiary/aromatic N) is 3. The fourth-order valence-corrected chi connectivity index (χ4v) is 3.49. The van der Waals surface area contributed by atoms with Gasteiger partial charge in [0.05, 0.1) is 31.8 Å². The molecule has 0 fully saturated rings. The van der Waals surface area contributed by atoms with Gasteiger partial charge in [-0.05, 0) is 50.2 Å². The Labute approximate surface area is 203 Å². The van der Waals surface area contributed by atoms with E-state index >= 15 is 0 Å². The molecule has 8 heteroatoms. The second-order valence-electron chi connectivity index (χ2n) is 7.92. The molecule has 4 aromatic rings. The maximum absolute atomic E-state index is 10.2. The zero-order valence-electron chi connectivity index (χ0n) is 19.9. The highest BCUT2D eigenvalue weighted by Gasteiger charge is 2.12. The first kappa shape index (κ1) is 23.6. The molecule has 4 rings (SSSR count). The van der Waals surface area contributed by atoms with E-state index in [4.69, 9.17) is 9.47 Å². The number of methoxy groups -OCH3 is 2. The Morgan fingerprint density at radius 1 is 0.800 bits per heavy atom. The Hall–Kier alpha value is -4.59. The normalized spacial score (nSPS) is 11.0. The summed E-state index contributed by atoms with van der Waals surface area (Å²) in [5.74, 6) is 1.46. The van der Waals surface area contributed by atoms with Gasteiger partial charge in [0, 0.05) is 22.3 Å². The number of aromatic hydroxyl groups is 2. The molecule has 1 aromatic heterocycles. The van der Waals surface area contributed by atoms with Gasteiger partial charge >= 0.3 is 0 Å². The van der Waals surface area contributed by atoms with Crippen molar-refractivity contribution in [3.63, 3.8) is 0 Å². The van der Waals surface area contributed by atoms with Gasteiger partial charge in [0.25, 0.3) is 0 Å². The molecular formula is C27H26N4O4. The third-order valence-electron chi connectivity index (χ3n) is 5.55. The molecule has 0 aliphatic heterocycles. The third kappa shape index (κ3) is 5.16. The number of aromatic nitrogens is 2. The largest absolute Gasteiger partial charge is 0.508 e. The molecule has 0 unspecified atom stereocenters. The van der Waals surface area contributed by atoms with Crippen LogP contribution in [-0.2, 0) is 0 Å². The van der Waals surface area contributed by atoms with E-state index in [2.05, 4.69) is 20.5 Å².